The molecule has 1 N–H and O–H groups in total. The summed E-state index contributed by atoms with van der Waals surface area (Å²) in [5.74, 6) is 0.224. The summed E-state index contributed by atoms with van der Waals surface area (Å²) in [4.78, 5) is 26.6. The molecule has 0 aliphatic heterocycles. The molecular weight excluding hydrogens is 474 g/mol. The van der Waals surface area contributed by atoms with Crippen LogP contribution < -0.4 is 5.32 Å². The van der Waals surface area contributed by atoms with Crippen LogP contribution in [0.25, 0.3) is 0 Å². The molecule has 0 fully saturated rings. The lowest BCUT2D eigenvalue weighted by atomic mass is 10.1. The zero-order chi connectivity index (χ0) is 21.6. The van der Waals surface area contributed by atoms with Crippen LogP contribution in [0.2, 0.25) is 20.1 Å². The molecule has 2 aromatic carbocycles. The van der Waals surface area contributed by atoms with Crippen molar-refractivity contribution in [3.8, 4) is 0 Å². The molecule has 0 saturated carbocycles. The minimum absolute atomic E-state index is 0.171. The summed E-state index contributed by atoms with van der Waals surface area (Å²) in [6.45, 7) is 1.92. The third kappa shape index (κ3) is 6.69. The molecule has 0 aromatic heterocycles. The average molecular weight is 494 g/mol. The molecule has 4 nitrogen and oxygen atoms in total. The van der Waals surface area contributed by atoms with E-state index in [4.69, 9.17) is 46.4 Å². The third-order valence-corrected chi connectivity index (χ3v) is 6.68. The second-order valence-electron chi connectivity index (χ2n) is 6.25. The van der Waals surface area contributed by atoms with Gasteiger partial charge in [0.05, 0.1) is 15.8 Å². The molecular formula is C20H20Cl4N2O2S. The van der Waals surface area contributed by atoms with Crippen molar-refractivity contribution in [2.24, 2.45) is 0 Å². The van der Waals surface area contributed by atoms with E-state index in [0.29, 0.717) is 25.8 Å². The minimum Gasteiger partial charge on any atom is -0.357 e. The number of carbonyl (C=O) groups is 2. The van der Waals surface area contributed by atoms with Crippen LogP contribution in [0.3, 0.4) is 0 Å². The van der Waals surface area contributed by atoms with Crippen molar-refractivity contribution in [1.29, 1.82) is 0 Å². The van der Waals surface area contributed by atoms with E-state index >= 15 is 0 Å². The van der Waals surface area contributed by atoms with Crippen molar-refractivity contribution in [3.63, 3.8) is 0 Å². The van der Waals surface area contributed by atoms with Gasteiger partial charge >= 0.3 is 0 Å². The quantitative estimate of drug-likeness (QED) is 0.513. The monoisotopic (exact) mass is 492 g/mol. The predicted molar refractivity (Wildman–Crippen MR) is 123 cm³/mol. The molecule has 156 valence electrons. The first-order valence-electron chi connectivity index (χ1n) is 8.70. The first-order chi connectivity index (χ1) is 13.7. The number of halogens is 4. The molecule has 0 heterocycles. The lowest BCUT2D eigenvalue weighted by molar-refractivity contribution is -0.138. The van der Waals surface area contributed by atoms with Crippen LogP contribution in [-0.2, 0) is 21.9 Å². The fraction of sp³-hybridized carbons (Fsp3) is 0.300. The number of benzene rings is 2. The van der Waals surface area contributed by atoms with Gasteiger partial charge in [-0.25, -0.2) is 0 Å². The van der Waals surface area contributed by atoms with Crippen molar-refractivity contribution in [2.75, 3.05) is 12.8 Å². The average Bonchev–Trinajstić information content (AvgIpc) is 2.69. The summed E-state index contributed by atoms with van der Waals surface area (Å²) in [5.41, 5.74) is 1.56. The molecule has 0 radical (unpaired) electrons. The Morgan fingerprint density at radius 1 is 1.03 bits per heavy atom. The Bertz CT molecular complexity index is 875. The maximum Gasteiger partial charge on any atom is 0.242 e. The lowest BCUT2D eigenvalue weighted by Crippen LogP contribution is -2.47. The molecule has 9 heteroatoms. The SMILES string of the molecule is CNC(=O)[C@H](C)N(Cc1ccc(Cl)c(Cl)c1)C(=O)CSCc1c(Cl)cccc1Cl. The second-order valence-corrected chi connectivity index (χ2v) is 8.87. The Morgan fingerprint density at radius 3 is 2.28 bits per heavy atom. The molecule has 0 saturated heterocycles. The highest BCUT2D eigenvalue weighted by molar-refractivity contribution is 7.99. The molecule has 0 aliphatic rings. The van der Waals surface area contributed by atoms with Gasteiger partial charge in [0.25, 0.3) is 0 Å². The predicted octanol–water partition coefficient (Wildman–Crippen LogP) is 5.70. The number of hydrogen-bond acceptors (Lipinski definition) is 3. The number of likely N-dealkylation sites (N-methyl/N-ethyl adjacent to an activating group) is 1. The Kier molecular flexibility index (Phi) is 9.44. The maximum absolute atomic E-state index is 12.9. The van der Waals surface area contributed by atoms with Crippen LogP contribution in [0.4, 0.5) is 0 Å². The summed E-state index contributed by atoms with van der Waals surface area (Å²) < 4.78 is 0. The van der Waals surface area contributed by atoms with E-state index < -0.39 is 6.04 Å². The number of hydrogen-bond donors (Lipinski definition) is 1. The highest BCUT2D eigenvalue weighted by Gasteiger charge is 2.25. The van der Waals surface area contributed by atoms with Crippen molar-refractivity contribution in [1.82, 2.24) is 10.2 Å². The Balaban J connectivity index is 2.11. The summed E-state index contributed by atoms with van der Waals surface area (Å²) in [6, 6.07) is 9.78. The van der Waals surface area contributed by atoms with E-state index in [9.17, 15) is 9.59 Å². The van der Waals surface area contributed by atoms with Crippen molar-refractivity contribution < 1.29 is 9.59 Å². The van der Waals surface area contributed by atoms with Crippen molar-refractivity contribution in [2.45, 2.75) is 25.3 Å². The molecule has 0 bridgehead atoms. The van der Waals surface area contributed by atoms with Gasteiger partial charge < -0.3 is 10.2 Å². The number of carbonyl (C=O) groups excluding carboxylic acids is 2. The smallest absolute Gasteiger partial charge is 0.242 e. The van der Waals surface area contributed by atoms with Crippen molar-refractivity contribution in [3.05, 3.63) is 67.6 Å². The fourth-order valence-electron chi connectivity index (χ4n) is 2.62. The summed E-state index contributed by atoms with van der Waals surface area (Å²) >= 11 is 25.8. The molecule has 0 aliphatic carbocycles. The summed E-state index contributed by atoms with van der Waals surface area (Å²) in [7, 11) is 1.54. The van der Waals surface area contributed by atoms with E-state index in [0.717, 1.165) is 11.1 Å². The van der Waals surface area contributed by atoms with Gasteiger partial charge in [-0.3, -0.25) is 9.59 Å². The van der Waals surface area contributed by atoms with Gasteiger partial charge in [0.2, 0.25) is 11.8 Å². The number of nitrogens with zero attached hydrogens (tertiary/aromatic N) is 1. The molecule has 0 spiro atoms. The number of amides is 2. The molecule has 2 amide bonds. The molecule has 1 atom stereocenters. The largest absolute Gasteiger partial charge is 0.357 e. The van der Waals surface area contributed by atoms with E-state index in [2.05, 4.69) is 5.32 Å². The Labute approximate surface area is 194 Å². The van der Waals surface area contributed by atoms with Crippen molar-refractivity contribution >= 4 is 70.0 Å². The first kappa shape index (κ1) is 24.2. The van der Waals surface area contributed by atoms with Crippen LogP contribution >= 0.6 is 58.2 Å². The summed E-state index contributed by atoms with van der Waals surface area (Å²) in [5, 5.41) is 4.53. The lowest BCUT2D eigenvalue weighted by Gasteiger charge is -2.28. The zero-order valence-corrected chi connectivity index (χ0v) is 19.7. The number of rotatable bonds is 8. The van der Waals surface area contributed by atoms with E-state index in [1.165, 1.54) is 23.7 Å². The zero-order valence-electron chi connectivity index (χ0n) is 15.8. The Hall–Kier alpha value is -1.11. The van der Waals surface area contributed by atoms with Crippen LogP contribution in [0.5, 0.6) is 0 Å². The molecule has 29 heavy (non-hydrogen) atoms. The van der Waals surface area contributed by atoms with Gasteiger partial charge in [-0.05, 0) is 42.3 Å². The summed E-state index contributed by atoms with van der Waals surface area (Å²) in [6.07, 6.45) is 0. The van der Waals surface area contributed by atoms with Gasteiger partial charge in [0.15, 0.2) is 0 Å². The Morgan fingerprint density at radius 2 is 1.69 bits per heavy atom. The number of nitrogens with one attached hydrogen (secondary N) is 1. The van der Waals surface area contributed by atoms with Gasteiger partial charge in [-0.2, -0.15) is 0 Å². The van der Waals surface area contributed by atoms with Gasteiger partial charge in [-0.15, -0.1) is 11.8 Å². The second kappa shape index (κ2) is 11.3. The highest BCUT2D eigenvalue weighted by Crippen LogP contribution is 2.29. The van der Waals surface area contributed by atoms with Gasteiger partial charge in [0.1, 0.15) is 6.04 Å². The van der Waals surface area contributed by atoms with Gasteiger partial charge in [-0.1, -0.05) is 58.5 Å². The van der Waals surface area contributed by atoms with Gasteiger partial charge in [0, 0.05) is 29.4 Å². The van der Waals surface area contributed by atoms with E-state index in [-0.39, 0.29) is 24.1 Å². The van der Waals surface area contributed by atoms with E-state index in [1.807, 2.05) is 0 Å². The fourth-order valence-corrected chi connectivity index (χ4v) is 4.59. The molecule has 0 unspecified atom stereocenters. The van der Waals surface area contributed by atoms with Crippen LogP contribution in [0.15, 0.2) is 36.4 Å². The first-order valence-corrected chi connectivity index (χ1v) is 11.4. The van der Waals surface area contributed by atoms with Crippen LogP contribution in [0, 0.1) is 0 Å². The van der Waals surface area contributed by atoms with E-state index in [1.54, 1.807) is 43.3 Å². The minimum atomic E-state index is -0.647. The normalized spacial score (nSPS) is 11.8. The molecule has 2 aromatic rings. The topological polar surface area (TPSA) is 49.4 Å². The molecule has 2 rings (SSSR count). The standard InChI is InChI=1S/C20H20Cl4N2O2S/c1-12(20(28)25-2)26(9-13-6-7-17(23)18(24)8-13)19(27)11-29-10-14-15(21)4-3-5-16(14)22/h3-8,12H,9-11H2,1-2H3,(H,25,28)/t12-/m0/s1. The van der Waals surface area contributed by atoms with Crippen LogP contribution in [0.1, 0.15) is 18.1 Å². The third-order valence-electron chi connectivity index (χ3n) is 4.28. The highest BCUT2D eigenvalue weighted by atomic mass is 35.5. The number of thioether (sulfide) groups is 1. The van der Waals surface area contributed by atoms with Crippen LogP contribution in [-0.4, -0.2) is 35.6 Å². The maximum atomic E-state index is 12.9.